The van der Waals surface area contributed by atoms with Crippen LogP contribution in [0, 0.1) is 10.1 Å². The minimum atomic E-state index is -0.597. The molecule has 0 aliphatic carbocycles. The maximum Gasteiger partial charge on any atom is 0.331 e. The molecule has 0 N–H and O–H groups in total. The fraction of sp³-hybridized carbons (Fsp3) is 0.125. The van der Waals surface area contributed by atoms with E-state index in [1.165, 1.54) is 31.5 Å². The van der Waals surface area contributed by atoms with E-state index in [4.69, 9.17) is 25.8 Å². The normalized spacial score (nSPS) is 14.3. The van der Waals surface area contributed by atoms with Gasteiger partial charge in [0.05, 0.1) is 23.5 Å². The van der Waals surface area contributed by atoms with Gasteiger partial charge in [-0.1, -0.05) is 17.7 Å². The van der Waals surface area contributed by atoms with Crippen LogP contribution in [-0.2, 0) is 4.79 Å². The Morgan fingerprint density at radius 2 is 1.92 bits per heavy atom. The van der Waals surface area contributed by atoms with Gasteiger partial charge in [0.2, 0.25) is 0 Å². The van der Waals surface area contributed by atoms with E-state index in [1.807, 2.05) is 0 Å². The van der Waals surface area contributed by atoms with Crippen molar-refractivity contribution in [3.8, 4) is 23.1 Å². The first kappa shape index (κ1) is 25.0. The average Bonchev–Trinajstić information content (AvgIpc) is 3.13. The van der Waals surface area contributed by atoms with E-state index in [2.05, 4.69) is 4.98 Å². The van der Waals surface area contributed by atoms with Crippen LogP contribution in [0.25, 0.3) is 6.08 Å². The van der Waals surface area contributed by atoms with Crippen molar-refractivity contribution in [2.45, 2.75) is 0 Å². The number of amides is 2. The average molecular weight is 528 g/mol. The number of aromatic nitrogens is 1. The number of ether oxygens (including phenoxy) is 3. The van der Waals surface area contributed by atoms with Gasteiger partial charge in [-0.15, -0.1) is 0 Å². The summed E-state index contributed by atoms with van der Waals surface area (Å²) in [6, 6.07) is 14.2. The molecule has 0 radical (unpaired) electrons. The lowest BCUT2D eigenvalue weighted by Crippen LogP contribution is -2.32. The molecule has 2 heterocycles. The molecule has 0 saturated carbocycles. The topological polar surface area (TPSA) is 121 Å². The number of pyridine rings is 1. The summed E-state index contributed by atoms with van der Waals surface area (Å²) in [5.41, 5.74) is 0.273. The highest BCUT2D eigenvalue weighted by molar-refractivity contribution is 8.18. The summed E-state index contributed by atoms with van der Waals surface area (Å²) in [7, 11) is 1.41. The van der Waals surface area contributed by atoms with Crippen LogP contribution in [0.3, 0.4) is 0 Å². The molecule has 1 aliphatic heterocycles. The summed E-state index contributed by atoms with van der Waals surface area (Å²) in [4.78, 5) is 41.1. The maximum atomic E-state index is 12.8. The predicted molar refractivity (Wildman–Crippen MR) is 134 cm³/mol. The Balaban J connectivity index is 1.45. The molecule has 1 aliphatic rings. The summed E-state index contributed by atoms with van der Waals surface area (Å²) in [5.74, 6) is 0.416. The second kappa shape index (κ2) is 11.1. The van der Waals surface area contributed by atoms with Gasteiger partial charge < -0.3 is 14.2 Å². The van der Waals surface area contributed by atoms with Crippen LogP contribution in [0.1, 0.15) is 5.56 Å². The zero-order valence-corrected chi connectivity index (χ0v) is 20.3. The molecule has 0 atom stereocenters. The van der Waals surface area contributed by atoms with Gasteiger partial charge >= 0.3 is 5.69 Å². The molecule has 0 spiro atoms. The number of rotatable bonds is 9. The lowest BCUT2D eigenvalue weighted by molar-refractivity contribution is -0.386. The monoisotopic (exact) mass is 527 g/mol. The fourth-order valence-electron chi connectivity index (χ4n) is 3.19. The first-order valence-electron chi connectivity index (χ1n) is 10.4. The van der Waals surface area contributed by atoms with Gasteiger partial charge in [-0.25, -0.2) is 4.98 Å². The van der Waals surface area contributed by atoms with Crippen LogP contribution >= 0.6 is 23.4 Å². The number of imide groups is 1. The van der Waals surface area contributed by atoms with Crippen LogP contribution in [0.5, 0.6) is 23.1 Å². The number of methoxy groups -OCH3 is 1. The summed E-state index contributed by atoms with van der Waals surface area (Å²) in [6.07, 6.45) is 2.93. The molecule has 3 aromatic rings. The molecule has 4 rings (SSSR count). The van der Waals surface area contributed by atoms with E-state index in [1.54, 1.807) is 42.5 Å². The van der Waals surface area contributed by atoms with E-state index in [0.29, 0.717) is 16.3 Å². The van der Waals surface area contributed by atoms with Crippen LogP contribution in [0.2, 0.25) is 5.02 Å². The number of hydrogen-bond acceptors (Lipinski definition) is 9. The van der Waals surface area contributed by atoms with Crippen LogP contribution in [0.4, 0.5) is 10.5 Å². The Labute approximate surface area is 214 Å². The number of carbonyl (C=O) groups is 2. The molecule has 12 heteroatoms. The number of hydrogen-bond donors (Lipinski definition) is 0. The van der Waals surface area contributed by atoms with Gasteiger partial charge in [-0.05, 0) is 65.9 Å². The third kappa shape index (κ3) is 5.75. The SMILES string of the molecule is COc1cc(/C=C2\SC(=O)N(CCOc3ccc(Cl)cc3)C2=O)ccc1Oc1ncccc1[N+](=O)[O-]. The molecule has 10 nitrogen and oxygen atoms in total. The molecule has 184 valence electrons. The minimum absolute atomic E-state index is 0.0869. The van der Waals surface area contributed by atoms with Crippen molar-refractivity contribution in [1.29, 1.82) is 0 Å². The Morgan fingerprint density at radius 1 is 1.14 bits per heavy atom. The first-order valence-corrected chi connectivity index (χ1v) is 11.6. The van der Waals surface area contributed by atoms with Crippen molar-refractivity contribution >= 4 is 46.3 Å². The van der Waals surface area contributed by atoms with E-state index in [9.17, 15) is 19.7 Å². The maximum absolute atomic E-state index is 12.8. The van der Waals surface area contributed by atoms with Crippen molar-refractivity contribution < 1.29 is 28.7 Å². The standard InChI is InChI=1S/C24H18ClN3O7S/c1-33-20-13-15(4-9-19(20)35-22-18(28(31)32)3-2-10-26-22)14-21-23(29)27(24(30)36-21)11-12-34-17-7-5-16(25)6-8-17/h2-10,13-14H,11-12H2,1H3/b21-14-. The number of benzene rings is 2. The summed E-state index contributed by atoms with van der Waals surface area (Å²) < 4.78 is 16.5. The highest BCUT2D eigenvalue weighted by Crippen LogP contribution is 2.37. The Hall–Kier alpha value is -4.09. The van der Waals surface area contributed by atoms with E-state index in [0.717, 1.165) is 16.7 Å². The first-order chi connectivity index (χ1) is 17.4. The fourth-order valence-corrected chi connectivity index (χ4v) is 4.18. The second-order valence-electron chi connectivity index (χ2n) is 7.23. The number of halogens is 1. The van der Waals surface area contributed by atoms with Gasteiger partial charge in [-0.3, -0.25) is 24.6 Å². The third-order valence-electron chi connectivity index (χ3n) is 4.91. The third-order valence-corrected chi connectivity index (χ3v) is 6.07. The van der Waals surface area contributed by atoms with Crippen LogP contribution in [0.15, 0.2) is 65.7 Å². The van der Waals surface area contributed by atoms with Crippen molar-refractivity contribution in [2.24, 2.45) is 0 Å². The van der Waals surface area contributed by atoms with Gasteiger partial charge in [0.1, 0.15) is 12.4 Å². The van der Waals surface area contributed by atoms with Gasteiger partial charge in [0, 0.05) is 17.3 Å². The zero-order chi connectivity index (χ0) is 25.7. The molecule has 1 fully saturated rings. The molecule has 2 amide bonds. The Morgan fingerprint density at radius 3 is 2.64 bits per heavy atom. The lowest BCUT2D eigenvalue weighted by atomic mass is 10.2. The van der Waals surface area contributed by atoms with Crippen molar-refractivity contribution in [1.82, 2.24) is 9.88 Å². The summed E-state index contributed by atoms with van der Waals surface area (Å²) in [5, 5.41) is 11.4. The van der Waals surface area contributed by atoms with E-state index < -0.39 is 16.1 Å². The summed E-state index contributed by atoms with van der Waals surface area (Å²) >= 11 is 6.67. The zero-order valence-electron chi connectivity index (χ0n) is 18.8. The number of thioether (sulfide) groups is 1. The molecule has 2 aromatic carbocycles. The molecule has 36 heavy (non-hydrogen) atoms. The van der Waals surface area contributed by atoms with E-state index >= 15 is 0 Å². The smallest absolute Gasteiger partial charge is 0.331 e. The van der Waals surface area contributed by atoms with Crippen LogP contribution in [-0.4, -0.2) is 46.2 Å². The Bertz CT molecular complexity index is 1350. The van der Waals surface area contributed by atoms with Crippen molar-refractivity contribution in [2.75, 3.05) is 20.3 Å². The number of carbonyl (C=O) groups excluding carboxylic acids is 2. The second-order valence-corrected chi connectivity index (χ2v) is 8.66. The number of nitrogens with zero attached hydrogens (tertiary/aromatic N) is 3. The highest BCUT2D eigenvalue weighted by Gasteiger charge is 2.34. The number of nitro groups is 1. The molecular formula is C24H18ClN3O7S. The van der Waals surface area contributed by atoms with Crippen LogP contribution < -0.4 is 14.2 Å². The Kier molecular flexibility index (Phi) is 7.71. The molecule has 0 unspecified atom stereocenters. The van der Waals surface area contributed by atoms with E-state index in [-0.39, 0.29) is 41.1 Å². The lowest BCUT2D eigenvalue weighted by Gasteiger charge is -2.13. The molecule has 1 saturated heterocycles. The molecular weight excluding hydrogens is 510 g/mol. The molecule has 0 bridgehead atoms. The quantitative estimate of drug-likeness (QED) is 0.200. The minimum Gasteiger partial charge on any atom is -0.493 e. The molecule has 1 aromatic heterocycles. The van der Waals surface area contributed by atoms with Crippen molar-refractivity contribution in [3.05, 3.63) is 86.4 Å². The van der Waals surface area contributed by atoms with Gasteiger partial charge in [-0.2, -0.15) is 0 Å². The predicted octanol–water partition coefficient (Wildman–Crippen LogP) is 5.56. The largest absolute Gasteiger partial charge is 0.493 e. The van der Waals surface area contributed by atoms with Gasteiger partial charge in [0.25, 0.3) is 17.0 Å². The highest BCUT2D eigenvalue weighted by atomic mass is 35.5. The van der Waals surface area contributed by atoms with Crippen molar-refractivity contribution in [3.63, 3.8) is 0 Å². The summed E-state index contributed by atoms with van der Waals surface area (Å²) in [6.45, 7) is 0.218. The van der Waals surface area contributed by atoms with Gasteiger partial charge in [0.15, 0.2) is 11.5 Å².